The van der Waals surface area contributed by atoms with E-state index in [1.165, 1.54) is 10.9 Å². The molecule has 0 aliphatic carbocycles. The van der Waals surface area contributed by atoms with Crippen molar-refractivity contribution >= 4 is 28.7 Å². The topological polar surface area (TPSA) is 67.5 Å². The van der Waals surface area contributed by atoms with Gasteiger partial charge in [-0.05, 0) is 37.3 Å². The van der Waals surface area contributed by atoms with Crippen molar-refractivity contribution in [3.63, 3.8) is 0 Å². The van der Waals surface area contributed by atoms with E-state index in [-0.39, 0.29) is 11.3 Å². The molecule has 110 valence electrons. The number of rotatable bonds is 2. The molecule has 3 aromatic rings. The lowest BCUT2D eigenvalue weighted by molar-refractivity contribution is 0.474. The van der Waals surface area contributed by atoms with E-state index in [2.05, 4.69) is 10.1 Å². The van der Waals surface area contributed by atoms with Gasteiger partial charge in [0.15, 0.2) is 0 Å². The Labute approximate surface area is 131 Å². The Hall–Kier alpha value is -2.66. The molecule has 3 rings (SSSR count). The molecule has 0 aliphatic rings. The molecule has 0 unspecified atom stereocenters. The van der Waals surface area contributed by atoms with Crippen molar-refractivity contribution < 1.29 is 5.11 Å². The zero-order valence-corrected chi connectivity index (χ0v) is 12.4. The standard InChI is InChI=1S/C16H12ClN3O2/c1-10-19-14-7-6-12(17)8-13(14)16(22)20(10)18-9-11-4-2-3-5-15(11)21/h2-9,21H,1H3. The van der Waals surface area contributed by atoms with E-state index in [9.17, 15) is 9.90 Å². The lowest BCUT2D eigenvalue weighted by Crippen LogP contribution is -2.20. The van der Waals surface area contributed by atoms with E-state index in [1.54, 1.807) is 49.4 Å². The molecule has 1 aromatic heterocycles. The van der Waals surface area contributed by atoms with Crippen molar-refractivity contribution in [1.29, 1.82) is 0 Å². The second kappa shape index (κ2) is 5.61. The van der Waals surface area contributed by atoms with Gasteiger partial charge in [-0.1, -0.05) is 23.7 Å². The molecule has 0 spiro atoms. The van der Waals surface area contributed by atoms with Crippen LogP contribution in [0.2, 0.25) is 5.02 Å². The molecule has 1 heterocycles. The molecule has 0 atom stereocenters. The van der Waals surface area contributed by atoms with Crippen LogP contribution >= 0.6 is 11.6 Å². The van der Waals surface area contributed by atoms with Crippen LogP contribution in [0.15, 0.2) is 52.4 Å². The molecule has 0 saturated carbocycles. The van der Waals surface area contributed by atoms with Gasteiger partial charge >= 0.3 is 0 Å². The van der Waals surface area contributed by atoms with E-state index in [4.69, 9.17) is 11.6 Å². The highest BCUT2D eigenvalue weighted by atomic mass is 35.5. The van der Waals surface area contributed by atoms with Gasteiger partial charge in [-0.25, -0.2) is 4.98 Å². The number of aromatic nitrogens is 2. The van der Waals surface area contributed by atoms with Gasteiger partial charge in [-0.3, -0.25) is 4.79 Å². The zero-order valence-electron chi connectivity index (χ0n) is 11.7. The third kappa shape index (κ3) is 2.58. The minimum atomic E-state index is -0.309. The van der Waals surface area contributed by atoms with Crippen LogP contribution < -0.4 is 5.56 Å². The van der Waals surface area contributed by atoms with Crippen LogP contribution in [0.25, 0.3) is 10.9 Å². The fourth-order valence-electron chi connectivity index (χ4n) is 2.11. The third-order valence-corrected chi connectivity index (χ3v) is 3.45. The van der Waals surface area contributed by atoms with Gasteiger partial charge in [0.1, 0.15) is 11.6 Å². The summed E-state index contributed by atoms with van der Waals surface area (Å²) in [7, 11) is 0. The predicted octanol–water partition coefficient (Wildman–Crippen LogP) is 2.95. The molecule has 0 saturated heterocycles. The van der Waals surface area contributed by atoms with Crippen molar-refractivity contribution in [2.24, 2.45) is 5.10 Å². The maximum atomic E-state index is 12.5. The number of halogens is 1. The van der Waals surface area contributed by atoms with Gasteiger partial charge in [0, 0.05) is 10.6 Å². The Morgan fingerprint density at radius 2 is 2.05 bits per heavy atom. The molecule has 0 fully saturated rings. The summed E-state index contributed by atoms with van der Waals surface area (Å²) in [6.45, 7) is 1.69. The van der Waals surface area contributed by atoms with Crippen molar-refractivity contribution in [2.75, 3.05) is 0 Å². The summed E-state index contributed by atoms with van der Waals surface area (Å²) in [6, 6.07) is 11.7. The number of fused-ring (bicyclic) bond motifs is 1. The van der Waals surface area contributed by atoms with Gasteiger partial charge in [0.25, 0.3) is 5.56 Å². The first-order valence-corrected chi connectivity index (χ1v) is 6.95. The van der Waals surface area contributed by atoms with Gasteiger partial charge in [-0.15, -0.1) is 0 Å². The Morgan fingerprint density at radius 1 is 1.27 bits per heavy atom. The molecule has 0 bridgehead atoms. The summed E-state index contributed by atoms with van der Waals surface area (Å²) in [5.74, 6) is 0.542. The molecule has 0 amide bonds. The van der Waals surface area contributed by atoms with Crippen molar-refractivity contribution in [3.05, 3.63) is 69.2 Å². The largest absolute Gasteiger partial charge is 0.507 e. The summed E-state index contributed by atoms with van der Waals surface area (Å²) in [5, 5.41) is 14.7. The van der Waals surface area contributed by atoms with Crippen LogP contribution in [0.3, 0.4) is 0 Å². The van der Waals surface area contributed by atoms with Crippen molar-refractivity contribution in [3.8, 4) is 5.75 Å². The zero-order chi connectivity index (χ0) is 15.7. The van der Waals surface area contributed by atoms with Crippen molar-refractivity contribution in [1.82, 2.24) is 9.66 Å². The van der Waals surface area contributed by atoms with Gasteiger partial charge < -0.3 is 5.11 Å². The first-order valence-electron chi connectivity index (χ1n) is 6.57. The minimum Gasteiger partial charge on any atom is -0.507 e. The highest BCUT2D eigenvalue weighted by molar-refractivity contribution is 6.31. The average Bonchev–Trinajstić information content (AvgIpc) is 2.50. The molecule has 22 heavy (non-hydrogen) atoms. The number of aromatic hydroxyl groups is 1. The first kappa shape index (κ1) is 14.3. The van der Waals surface area contributed by atoms with Crippen LogP contribution in [0.4, 0.5) is 0 Å². The van der Waals surface area contributed by atoms with E-state index in [0.29, 0.717) is 27.3 Å². The summed E-state index contributed by atoms with van der Waals surface area (Å²) in [4.78, 5) is 16.8. The average molecular weight is 314 g/mol. The van der Waals surface area contributed by atoms with E-state index in [0.717, 1.165) is 0 Å². The van der Waals surface area contributed by atoms with Crippen molar-refractivity contribution in [2.45, 2.75) is 6.92 Å². The number of para-hydroxylation sites is 1. The maximum absolute atomic E-state index is 12.5. The van der Waals surface area contributed by atoms with Crippen LogP contribution in [0.5, 0.6) is 5.75 Å². The molecular weight excluding hydrogens is 302 g/mol. The highest BCUT2D eigenvalue weighted by Gasteiger charge is 2.08. The smallest absolute Gasteiger partial charge is 0.282 e. The number of benzene rings is 2. The first-order chi connectivity index (χ1) is 10.6. The summed E-state index contributed by atoms with van der Waals surface area (Å²) in [5.41, 5.74) is 0.776. The molecule has 2 aromatic carbocycles. The van der Waals surface area contributed by atoms with E-state index in [1.807, 2.05) is 0 Å². The van der Waals surface area contributed by atoms with Crippen LogP contribution in [0, 0.1) is 6.92 Å². The number of phenolic OH excluding ortho intramolecular Hbond substituents is 1. The number of hydrogen-bond acceptors (Lipinski definition) is 4. The fourth-order valence-corrected chi connectivity index (χ4v) is 2.28. The number of phenols is 1. The predicted molar refractivity (Wildman–Crippen MR) is 86.8 cm³/mol. The molecule has 1 N–H and O–H groups in total. The molecular formula is C16H12ClN3O2. The summed E-state index contributed by atoms with van der Waals surface area (Å²) < 4.78 is 1.19. The number of nitrogens with zero attached hydrogens (tertiary/aromatic N) is 3. The van der Waals surface area contributed by atoms with E-state index < -0.39 is 0 Å². The molecule has 5 nitrogen and oxygen atoms in total. The number of hydrogen-bond donors (Lipinski definition) is 1. The lowest BCUT2D eigenvalue weighted by Gasteiger charge is -2.05. The lowest BCUT2D eigenvalue weighted by atomic mass is 10.2. The quantitative estimate of drug-likeness (QED) is 0.740. The molecule has 6 heteroatoms. The number of aryl methyl sites for hydroxylation is 1. The van der Waals surface area contributed by atoms with Crippen LogP contribution in [-0.2, 0) is 0 Å². The van der Waals surface area contributed by atoms with Crippen LogP contribution in [-0.4, -0.2) is 21.0 Å². The minimum absolute atomic E-state index is 0.0914. The monoisotopic (exact) mass is 313 g/mol. The van der Waals surface area contributed by atoms with Gasteiger partial charge in [0.05, 0.1) is 17.1 Å². The maximum Gasteiger partial charge on any atom is 0.282 e. The molecule has 0 radical (unpaired) electrons. The van der Waals surface area contributed by atoms with Gasteiger partial charge in [0.2, 0.25) is 0 Å². The van der Waals surface area contributed by atoms with Crippen LogP contribution in [0.1, 0.15) is 11.4 Å². The Morgan fingerprint density at radius 3 is 2.82 bits per heavy atom. The van der Waals surface area contributed by atoms with Gasteiger partial charge in [-0.2, -0.15) is 9.78 Å². The molecule has 0 aliphatic heterocycles. The van der Waals surface area contributed by atoms with E-state index >= 15 is 0 Å². The fraction of sp³-hybridized carbons (Fsp3) is 0.0625. The summed E-state index contributed by atoms with van der Waals surface area (Å²) in [6.07, 6.45) is 1.42. The highest BCUT2D eigenvalue weighted by Crippen LogP contribution is 2.16. The second-order valence-corrected chi connectivity index (χ2v) is 5.18. The Balaban J connectivity index is 2.15. The second-order valence-electron chi connectivity index (χ2n) is 4.74. The Bertz CT molecular complexity index is 948. The normalized spacial score (nSPS) is 11.4. The summed E-state index contributed by atoms with van der Waals surface area (Å²) >= 11 is 5.93. The third-order valence-electron chi connectivity index (χ3n) is 3.22. The SMILES string of the molecule is Cc1nc2ccc(Cl)cc2c(=O)n1N=Cc1ccccc1O. The Kier molecular flexibility index (Phi) is 3.65.